The number of hydrogen-bond donors (Lipinski definition) is 0. The van der Waals surface area contributed by atoms with Gasteiger partial charge in [-0.15, -0.1) is 11.3 Å². The Hall–Kier alpha value is -4.35. The summed E-state index contributed by atoms with van der Waals surface area (Å²) in [6.45, 7) is 5.22. The van der Waals surface area contributed by atoms with Crippen LogP contribution < -0.4 is 9.47 Å². The van der Waals surface area contributed by atoms with Gasteiger partial charge in [-0.05, 0) is 47.5 Å². The van der Waals surface area contributed by atoms with Crippen LogP contribution in [-0.4, -0.2) is 27.9 Å². The Labute approximate surface area is 257 Å². The maximum Gasteiger partial charge on any atom is 0.298 e. The average Bonchev–Trinajstić information content (AvgIpc) is 3.48. The Kier molecular flexibility index (Phi) is 12.4. The van der Waals surface area contributed by atoms with Crippen LogP contribution in [0.3, 0.4) is 0 Å². The molecule has 0 fully saturated rings. The van der Waals surface area contributed by atoms with Crippen molar-refractivity contribution in [1.82, 2.24) is 15.0 Å². The highest BCUT2D eigenvalue weighted by atomic mass is 32.1. The molecule has 0 spiro atoms. The van der Waals surface area contributed by atoms with E-state index in [1.807, 2.05) is 12.1 Å². The molecule has 0 saturated carbocycles. The highest BCUT2D eigenvalue weighted by Crippen LogP contribution is 2.29. The summed E-state index contributed by atoms with van der Waals surface area (Å²) in [5.41, 5.74) is 4.07. The first-order valence-electron chi connectivity index (χ1n) is 14.9. The molecule has 0 N–H and O–H groups in total. The van der Waals surface area contributed by atoms with Gasteiger partial charge in [0.05, 0.1) is 27.7 Å². The summed E-state index contributed by atoms with van der Waals surface area (Å²) in [5, 5.41) is 2.14. The van der Waals surface area contributed by atoms with Crippen LogP contribution in [0.5, 0.6) is 11.5 Å². The molecule has 4 aromatic heterocycles. The summed E-state index contributed by atoms with van der Waals surface area (Å²) in [6.07, 6.45) is 14.5. The number of hydrogen-bond acceptors (Lipinski definition) is 8. The van der Waals surface area contributed by atoms with Crippen molar-refractivity contribution in [3.05, 3.63) is 76.2 Å². The van der Waals surface area contributed by atoms with Crippen LogP contribution in [-0.2, 0) is 16.0 Å². The van der Waals surface area contributed by atoms with Crippen molar-refractivity contribution in [2.45, 2.75) is 71.6 Å². The van der Waals surface area contributed by atoms with Gasteiger partial charge in [0, 0.05) is 36.2 Å². The summed E-state index contributed by atoms with van der Waals surface area (Å²) >= 11 is 1.69. The Bertz CT molecular complexity index is 1560. The third-order valence-electron chi connectivity index (χ3n) is 7.19. The Balaban J connectivity index is 1.57. The third kappa shape index (κ3) is 9.59. The minimum Gasteiger partial charge on any atom is -0.429 e. The maximum atomic E-state index is 11.1. The van der Waals surface area contributed by atoms with Gasteiger partial charge in [-0.2, -0.15) is 0 Å². The second kappa shape index (κ2) is 16.9. The number of carbonyl (C=O) groups excluding carboxylic acids is 2. The van der Waals surface area contributed by atoms with Crippen LogP contribution in [0.1, 0.15) is 81.2 Å². The van der Waals surface area contributed by atoms with Crippen LogP contribution in [0.25, 0.3) is 22.8 Å². The van der Waals surface area contributed by atoms with E-state index in [0.29, 0.717) is 47.4 Å². The van der Waals surface area contributed by atoms with Gasteiger partial charge in [0.1, 0.15) is 11.5 Å². The van der Waals surface area contributed by atoms with E-state index < -0.39 is 0 Å². The van der Waals surface area contributed by atoms with Gasteiger partial charge in [-0.3, -0.25) is 19.6 Å². The minimum absolute atomic E-state index is 0.285. The number of rotatable bonds is 16. The Morgan fingerprint density at radius 2 is 1.44 bits per heavy atom. The molecule has 0 aliphatic heterocycles. The molecule has 0 aromatic carbocycles. The number of pyridine rings is 3. The largest absolute Gasteiger partial charge is 0.429 e. The average molecular weight is 596 g/mol. The van der Waals surface area contributed by atoms with E-state index in [1.54, 1.807) is 41.8 Å². The fourth-order valence-electron chi connectivity index (χ4n) is 4.97. The van der Waals surface area contributed by atoms with Gasteiger partial charge < -0.3 is 9.47 Å². The summed E-state index contributed by atoms with van der Waals surface area (Å²) in [5.74, 6) is 8.04. The topological polar surface area (TPSA) is 91.3 Å². The lowest BCUT2D eigenvalue weighted by molar-refractivity contribution is -0.121. The number of unbranched alkanes of at least 4 members (excludes halogenated alkanes) is 4. The van der Waals surface area contributed by atoms with Gasteiger partial charge in [0.15, 0.2) is 0 Å². The fourth-order valence-corrected chi connectivity index (χ4v) is 5.75. The van der Waals surface area contributed by atoms with E-state index in [9.17, 15) is 9.59 Å². The summed E-state index contributed by atoms with van der Waals surface area (Å²) in [4.78, 5) is 36.6. The van der Waals surface area contributed by atoms with Crippen molar-refractivity contribution in [2.24, 2.45) is 5.92 Å². The molecule has 4 aromatic rings. The quantitative estimate of drug-likeness (QED) is 0.0735. The third-order valence-corrected chi connectivity index (χ3v) is 8.06. The zero-order chi connectivity index (χ0) is 30.3. The summed E-state index contributed by atoms with van der Waals surface area (Å²) in [6, 6.07) is 12.3. The first-order chi connectivity index (χ1) is 21.1. The molecule has 1 atom stereocenters. The normalized spacial score (nSPS) is 11.3. The van der Waals surface area contributed by atoms with E-state index >= 15 is 0 Å². The second-order valence-corrected chi connectivity index (χ2v) is 11.3. The molecule has 0 amide bonds. The minimum atomic E-state index is 0.285. The molecular formula is C35H37N3O4S. The predicted molar refractivity (Wildman–Crippen MR) is 170 cm³/mol. The van der Waals surface area contributed by atoms with E-state index in [1.165, 1.54) is 63.1 Å². The van der Waals surface area contributed by atoms with Gasteiger partial charge in [0.25, 0.3) is 12.9 Å². The molecule has 0 aliphatic carbocycles. The SMILES string of the molecule is CCCCCCC(CCCC)Cc1ccsc1C#Cc1ccnc(-c2cc(OC=O)cc(-c3cc(OC=O)ccn3)n2)c1. The van der Waals surface area contributed by atoms with Crippen LogP contribution >= 0.6 is 11.3 Å². The number of ether oxygens (including phenoxy) is 2. The van der Waals surface area contributed by atoms with E-state index in [-0.39, 0.29) is 5.75 Å². The van der Waals surface area contributed by atoms with Gasteiger partial charge in [0.2, 0.25) is 0 Å². The van der Waals surface area contributed by atoms with Gasteiger partial charge in [-0.25, -0.2) is 4.98 Å². The lowest BCUT2D eigenvalue weighted by Crippen LogP contribution is -2.05. The highest BCUT2D eigenvalue weighted by Gasteiger charge is 2.14. The summed E-state index contributed by atoms with van der Waals surface area (Å²) in [7, 11) is 0. The maximum absolute atomic E-state index is 11.1. The van der Waals surface area contributed by atoms with Crippen molar-refractivity contribution in [2.75, 3.05) is 0 Å². The molecule has 0 radical (unpaired) electrons. The van der Waals surface area contributed by atoms with Crippen LogP contribution in [0.2, 0.25) is 0 Å². The molecule has 8 heteroatoms. The smallest absolute Gasteiger partial charge is 0.298 e. The Morgan fingerprint density at radius 3 is 2.19 bits per heavy atom. The molecular weight excluding hydrogens is 558 g/mol. The molecule has 4 rings (SSSR count). The van der Waals surface area contributed by atoms with Crippen LogP contribution in [0, 0.1) is 17.8 Å². The molecule has 1 unspecified atom stereocenters. The predicted octanol–water partition coefficient (Wildman–Crippen LogP) is 8.06. The van der Waals surface area contributed by atoms with Gasteiger partial charge >= 0.3 is 0 Å². The van der Waals surface area contributed by atoms with Crippen LogP contribution in [0.15, 0.2) is 60.2 Å². The molecule has 43 heavy (non-hydrogen) atoms. The lowest BCUT2D eigenvalue weighted by Gasteiger charge is -2.16. The summed E-state index contributed by atoms with van der Waals surface area (Å²) < 4.78 is 10.1. The van der Waals surface area contributed by atoms with Crippen molar-refractivity contribution in [3.8, 4) is 46.1 Å². The zero-order valence-corrected chi connectivity index (χ0v) is 25.6. The van der Waals surface area contributed by atoms with E-state index in [4.69, 9.17) is 14.5 Å². The van der Waals surface area contributed by atoms with Crippen molar-refractivity contribution in [1.29, 1.82) is 0 Å². The number of aromatic nitrogens is 3. The van der Waals surface area contributed by atoms with Crippen molar-refractivity contribution < 1.29 is 19.1 Å². The van der Waals surface area contributed by atoms with Crippen LogP contribution in [0.4, 0.5) is 0 Å². The lowest BCUT2D eigenvalue weighted by atomic mass is 9.89. The Morgan fingerprint density at radius 1 is 0.767 bits per heavy atom. The van der Waals surface area contributed by atoms with Crippen molar-refractivity contribution in [3.63, 3.8) is 0 Å². The standard InChI is InChI=1S/C35H37N3O4S/c1-3-5-7-8-10-26(9-6-4-2)19-28-15-18-43-35(28)12-11-27-13-16-36-31(20-27)33-22-30(42-25-40)23-34(38-33)32-21-29(41-24-39)14-17-37-32/h13-18,20-26H,3-10,19H2,1-2H3. The molecule has 4 heterocycles. The number of nitrogens with zero attached hydrogens (tertiary/aromatic N) is 3. The number of carbonyl (C=O) groups is 2. The second-order valence-electron chi connectivity index (χ2n) is 10.4. The molecule has 222 valence electrons. The first kappa shape index (κ1) is 31.6. The molecule has 7 nitrogen and oxygen atoms in total. The van der Waals surface area contributed by atoms with E-state index in [2.05, 4.69) is 47.1 Å². The molecule has 0 bridgehead atoms. The monoisotopic (exact) mass is 595 g/mol. The first-order valence-corrected chi connectivity index (χ1v) is 15.7. The fraction of sp³-hybridized carbons (Fsp3) is 0.343. The van der Waals surface area contributed by atoms with Gasteiger partial charge in [-0.1, -0.05) is 77.1 Å². The van der Waals surface area contributed by atoms with Crippen molar-refractivity contribution >= 4 is 24.3 Å². The zero-order valence-electron chi connectivity index (χ0n) is 24.8. The molecule has 0 saturated heterocycles. The number of thiophene rings is 1. The van der Waals surface area contributed by atoms with E-state index in [0.717, 1.165) is 16.9 Å². The highest BCUT2D eigenvalue weighted by molar-refractivity contribution is 7.10. The molecule has 0 aliphatic rings.